The van der Waals surface area contributed by atoms with Crippen LogP contribution in [0.5, 0.6) is 0 Å². The fraction of sp³-hybridized carbons (Fsp3) is 0.421. The number of halogens is 1. The molecule has 0 amide bonds. The number of hydrogen-bond acceptors (Lipinski definition) is 5. The van der Waals surface area contributed by atoms with E-state index in [1.165, 1.54) is 0 Å². The van der Waals surface area contributed by atoms with Gasteiger partial charge in [-0.2, -0.15) is 5.10 Å². The molecule has 7 heteroatoms. The van der Waals surface area contributed by atoms with E-state index in [0.717, 1.165) is 47.1 Å². The molecule has 2 heterocycles. The average Bonchev–Trinajstić information content (AvgIpc) is 3.20. The quantitative estimate of drug-likeness (QED) is 0.646. The fourth-order valence-corrected chi connectivity index (χ4v) is 3.55. The van der Waals surface area contributed by atoms with Crippen LogP contribution in [-0.4, -0.2) is 32.2 Å². The first kappa shape index (κ1) is 18.6. The van der Waals surface area contributed by atoms with E-state index in [1.807, 2.05) is 18.3 Å². The Morgan fingerprint density at radius 1 is 1.23 bits per heavy atom. The van der Waals surface area contributed by atoms with Crippen molar-refractivity contribution in [3.8, 4) is 11.3 Å². The molecule has 4 N–H and O–H groups in total. The number of anilines is 1. The Morgan fingerprint density at radius 2 is 2.08 bits per heavy atom. The summed E-state index contributed by atoms with van der Waals surface area (Å²) < 4.78 is 0. The minimum atomic E-state index is 0. The molecular weight excluding hydrogens is 348 g/mol. The third kappa shape index (κ3) is 3.66. The first-order valence-corrected chi connectivity index (χ1v) is 8.93. The van der Waals surface area contributed by atoms with Crippen LogP contribution in [0.4, 0.5) is 5.95 Å². The number of benzene rings is 1. The minimum Gasteiger partial charge on any atom is -0.351 e. The summed E-state index contributed by atoms with van der Waals surface area (Å²) in [5, 5.41) is 12.1. The number of hydrogen-bond donors (Lipinski definition) is 3. The lowest BCUT2D eigenvalue weighted by Gasteiger charge is -2.13. The number of rotatable bonds is 4. The van der Waals surface area contributed by atoms with Crippen molar-refractivity contribution in [1.82, 2.24) is 20.2 Å². The Morgan fingerprint density at radius 3 is 2.81 bits per heavy atom. The van der Waals surface area contributed by atoms with Crippen LogP contribution < -0.4 is 11.1 Å². The maximum absolute atomic E-state index is 5.99. The molecule has 0 saturated heterocycles. The summed E-state index contributed by atoms with van der Waals surface area (Å²) in [6.07, 6.45) is 4.93. The molecule has 4 rings (SSSR count). The zero-order valence-electron chi connectivity index (χ0n) is 15.1. The van der Waals surface area contributed by atoms with Crippen LogP contribution >= 0.6 is 12.4 Å². The van der Waals surface area contributed by atoms with Crippen molar-refractivity contribution in [2.45, 2.75) is 51.1 Å². The summed E-state index contributed by atoms with van der Waals surface area (Å²) in [6, 6.07) is 8.87. The molecule has 6 nitrogen and oxygen atoms in total. The first-order valence-electron chi connectivity index (χ1n) is 8.93. The lowest BCUT2D eigenvalue weighted by molar-refractivity contribution is 0.685. The molecule has 2 aromatic heterocycles. The highest BCUT2D eigenvalue weighted by atomic mass is 35.5. The van der Waals surface area contributed by atoms with Crippen molar-refractivity contribution in [3.63, 3.8) is 0 Å². The summed E-state index contributed by atoms with van der Waals surface area (Å²) >= 11 is 0. The van der Waals surface area contributed by atoms with Gasteiger partial charge < -0.3 is 11.1 Å². The van der Waals surface area contributed by atoms with Crippen LogP contribution in [0.3, 0.4) is 0 Å². The fourth-order valence-electron chi connectivity index (χ4n) is 3.55. The van der Waals surface area contributed by atoms with E-state index in [0.29, 0.717) is 23.9 Å². The van der Waals surface area contributed by atoms with Crippen LogP contribution in [0.1, 0.15) is 44.7 Å². The van der Waals surface area contributed by atoms with Crippen molar-refractivity contribution in [1.29, 1.82) is 0 Å². The first-order chi connectivity index (χ1) is 12.1. The molecule has 0 bridgehead atoms. The van der Waals surface area contributed by atoms with E-state index in [-0.39, 0.29) is 12.4 Å². The van der Waals surface area contributed by atoms with Crippen molar-refractivity contribution in [2.75, 3.05) is 5.32 Å². The summed E-state index contributed by atoms with van der Waals surface area (Å²) in [6.45, 7) is 4.33. The van der Waals surface area contributed by atoms with Gasteiger partial charge in [-0.25, -0.2) is 9.97 Å². The number of nitrogens with one attached hydrogen (secondary N) is 2. The van der Waals surface area contributed by atoms with Gasteiger partial charge >= 0.3 is 0 Å². The number of H-pyrrole nitrogens is 1. The van der Waals surface area contributed by atoms with Crippen LogP contribution in [0.15, 0.2) is 30.5 Å². The number of fused-ring (bicyclic) bond motifs is 1. The van der Waals surface area contributed by atoms with Crippen LogP contribution in [0, 0.1) is 0 Å². The molecule has 2 atom stereocenters. The van der Waals surface area contributed by atoms with Gasteiger partial charge in [0.25, 0.3) is 0 Å². The second kappa shape index (κ2) is 7.60. The van der Waals surface area contributed by atoms with Crippen molar-refractivity contribution < 1.29 is 0 Å². The normalized spacial score (nSPS) is 19.7. The third-order valence-electron chi connectivity index (χ3n) is 4.92. The number of nitrogens with two attached hydrogens (primary N) is 1. The van der Waals surface area contributed by atoms with Gasteiger partial charge in [-0.15, -0.1) is 12.4 Å². The molecule has 1 saturated carbocycles. The Bertz CT molecular complexity index is 891. The maximum atomic E-state index is 5.99. The van der Waals surface area contributed by atoms with Gasteiger partial charge in [0.15, 0.2) is 0 Å². The van der Waals surface area contributed by atoms with Crippen LogP contribution in [0.25, 0.3) is 22.2 Å². The second-order valence-electron chi connectivity index (χ2n) is 7.20. The van der Waals surface area contributed by atoms with Gasteiger partial charge in [0.2, 0.25) is 5.95 Å². The summed E-state index contributed by atoms with van der Waals surface area (Å²) in [4.78, 5) is 9.07. The van der Waals surface area contributed by atoms with E-state index in [1.54, 1.807) is 0 Å². The smallest absolute Gasteiger partial charge is 0.223 e. The lowest BCUT2D eigenvalue weighted by atomic mass is 10.0. The molecule has 0 spiro atoms. The number of nitrogens with zero attached hydrogens (tertiary/aromatic N) is 3. The SMILES string of the molecule is CC(C)c1[nH]nc2ccc(-c3ccnc(N[C@H]4CC[C@H](N)C4)n3)cc12.Cl. The number of aromatic amines is 1. The zero-order chi connectivity index (χ0) is 17.4. The van der Waals surface area contributed by atoms with Crippen molar-refractivity contribution >= 4 is 29.3 Å². The molecule has 1 aliphatic carbocycles. The Labute approximate surface area is 159 Å². The summed E-state index contributed by atoms with van der Waals surface area (Å²) in [5.74, 6) is 1.07. The Kier molecular flexibility index (Phi) is 5.44. The molecule has 0 radical (unpaired) electrons. The van der Waals surface area contributed by atoms with E-state index in [9.17, 15) is 0 Å². The third-order valence-corrected chi connectivity index (χ3v) is 4.92. The topological polar surface area (TPSA) is 92.5 Å². The molecule has 0 aliphatic heterocycles. The molecule has 1 aromatic carbocycles. The monoisotopic (exact) mass is 372 g/mol. The largest absolute Gasteiger partial charge is 0.351 e. The van der Waals surface area contributed by atoms with Crippen LogP contribution in [0.2, 0.25) is 0 Å². The van der Waals surface area contributed by atoms with Gasteiger partial charge in [0, 0.05) is 34.9 Å². The molecule has 1 fully saturated rings. The minimum absolute atomic E-state index is 0. The molecule has 1 aliphatic rings. The predicted octanol–water partition coefficient (Wildman–Crippen LogP) is 3.86. The number of aromatic nitrogens is 4. The van der Waals surface area contributed by atoms with Gasteiger partial charge in [-0.05, 0) is 43.4 Å². The van der Waals surface area contributed by atoms with Gasteiger partial charge in [-0.1, -0.05) is 19.9 Å². The predicted molar refractivity (Wildman–Crippen MR) is 108 cm³/mol. The lowest BCUT2D eigenvalue weighted by Crippen LogP contribution is -2.21. The summed E-state index contributed by atoms with van der Waals surface area (Å²) in [5.41, 5.74) is 10.1. The second-order valence-corrected chi connectivity index (χ2v) is 7.20. The molecular formula is C19H25ClN6. The Hall–Kier alpha value is -2.18. The van der Waals surface area contributed by atoms with Crippen LogP contribution in [-0.2, 0) is 0 Å². The standard InChI is InChI=1S/C19H24N6.ClH/c1-11(2)18-15-9-12(3-6-17(15)24-25-18)16-7-8-21-19(23-16)22-14-5-4-13(20)10-14;/h3,6-9,11,13-14H,4-5,10,20H2,1-2H3,(H,24,25)(H,21,22,23);1H/t13-,14-;/m0./s1. The van der Waals surface area contributed by atoms with E-state index in [4.69, 9.17) is 10.7 Å². The van der Waals surface area contributed by atoms with Gasteiger partial charge in [0.05, 0.1) is 11.2 Å². The van der Waals surface area contributed by atoms with Gasteiger partial charge in [0.1, 0.15) is 0 Å². The molecule has 3 aromatic rings. The highest BCUT2D eigenvalue weighted by Gasteiger charge is 2.22. The highest BCUT2D eigenvalue weighted by molar-refractivity contribution is 5.86. The van der Waals surface area contributed by atoms with E-state index < -0.39 is 0 Å². The Balaban J connectivity index is 0.00000196. The molecule has 0 unspecified atom stereocenters. The van der Waals surface area contributed by atoms with Crippen molar-refractivity contribution in [3.05, 3.63) is 36.2 Å². The van der Waals surface area contributed by atoms with Gasteiger partial charge in [-0.3, -0.25) is 5.10 Å². The zero-order valence-corrected chi connectivity index (χ0v) is 15.9. The van der Waals surface area contributed by atoms with E-state index >= 15 is 0 Å². The maximum Gasteiger partial charge on any atom is 0.223 e. The molecule has 26 heavy (non-hydrogen) atoms. The van der Waals surface area contributed by atoms with Crippen molar-refractivity contribution in [2.24, 2.45) is 5.73 Å². The highest BCUT2D eigenvalue weighted by Crippen LogP contribution is 2.28. The summed E-state index contributed by atoms with van der Waals surface area (Å²) in [7, 11) is 0. The van der Waals surface area contributed by atoms with E-state index in [2.05, 4.69) is 46.5 Å². The average molecular weight is 373 g/mol. The molecule has 138 valence electrons.